The van der Waals surface area contributed by atoms with Crippen LogP contribution in [0.1, 0.15) is 17.7 Å². The van der Waals surface area contributed by atoms with Crippen molar-refractivity contribution in [1.82, 2.24) is 15.0 Å². The van der Waals surface area contributed by atoms with Gasteiger partial charge in [0.25, 0.3) is 0 Å². The van der Waals surface area contributed by atoms with Gasteiger partial charge in [-0.1, -0.05) is 6.07 Å². The SMILES string of the molecule is N[C@@H]1CCc2nc(-c3ccncc3)nc(Nc3cccc(F)c3)c2C1. The maximum absolute atomic E-state index is 13.5. The summed E-state index contributed by atoms with van der Waals surface area (Å²) in [7, 11) is 0. The molecule has 2 heterocycles. The summed E-state index contributed by atoms with van der Waals surface area (Å²) in [6.45, 7) is 0. The average molecular weight is 335 g/mol. The van der Waals surface area contributed by atoms with Crippen molar-refractivity contribution in [2.24, 2.45) is 5.73 Å². The van der Waals surface area contributed by atoms with Crippen LogP contribution in [0, 0.1) is 5.82 Å². The Morgan fingerprint density at radius 1 is 1.12 bits per heavy atom. The number of fused-ring (bicyclic) bond motifs is 1. The zero-order valence-electron chi connectivity index (χ0n) is 13.6. The van der Waals surface area contributed by atoms with E-state index >= 15 is 0 Å². The Morgan fingerprint density at radius 2 is 1.96 bits per heavy atom. The molecule has 1 aromatic carbocycles. The quantitative estimate of drug-likeness (QED) is 0.768. The summed E-state index contributed by atoms with van der Waals surface area (Å²) in [5, 5.41) is 3.24. The van der Waals surface area contributed by atoms with E-state index in [9.17, 15) is 4.39 Å². The Labute approximate surface area is 145 Å². The highest BCUT2D eigenvalue weighted by Gasteiger charge is 2.22. The Morgan fingerprint density at radius 3 is 2.76 bits per heavy atom. The van der Waals surface area contributed by atoms with E-state index in [1.54, 1.807) is 18.5 Å². The maximum Gasteiger partial charge on any atom is 0.161 e. The summed E-state index contributed by atoms with van der Waals surface area (Å²) < 4.78 is 13.5. The Kier molecular flexibility index (Phi) is 4.11. The van der Waals surface area contributed by atoms with Gasteiger partial charge in [0.05, 0.1) is 0 Å². The second-order valence-corrected chi connectivity index (χ2v) is 6.20. The lowest BCUT2D eigenvalue weighted by atomic mass is 9.92. The second kappa shape index (κ2) is 6.57. The molecule has 0 saturated carbocycles. The number of hydrogen-bond donors (Lipinski definition) is 2. The zero-order chi connectivity index (χ0) is 17.2. The third kappa shape index (κ3) is 3.34. The molecule has 0 spiro atoms. The van der Waals surface area contributed by atoms with Crippen LogP contribution in [-0.4, -0.2) is 21.0 Å². The minimum absolute atomic E-state index is 0.0935. The van der Waals surface area contributed by atoms with Gasteiger partial charge in [0.15, 0.2) is 5.82 Å². The topological polar surface area (TPSA) is 76.7 Å². The average Bonchev–Trinajstić information content (AvgIpc) is 2.63. The summed E-state index contributed by atoms with van der Waals surface area (Å²) in [5.41, 5.74) is 9.70. The number of nitrogens with one attached hydrogen (secondary N) is 1. The number of nitrogens with two attached hydrogens (primary N) is 1. The van der Waals surface area contributed by atoms with Gasteiger partial charge in [-0.05, 0) is 49.6 Å². The molecule has 5 nitrogen and oxygen atoms in total. The van der Waals surface area contributed by atoms with Gasteiger partial charge in [0, 0.05) is 40.9 Å². The molecule has 0 fully saturated rings. The fourth-order valence-corrected chi connectivity index (χ4v) is 3.07. The molecule has 1 aliphatic rings. The van der Waals surface area contributed by atoms with E-state index in [4.69, 9.17) is 10.7 Å². The lowest BCUT2D eigenvalue weighted by molar-refractivity contribution is 0.566. The molecule has 0 bridgehead atoms. The van der Waals surface area contributed by atoms with Crippen molar-refractivity contribution >= 4 is 11.5 Å². The Balaban J connectivity index is 1.80. The number of aromatic nitrogens is 3. The number of halogens is 1. The molecule has 0 aliphatic heterocycles. The Bertz CT molecular complexity index is 898. The number of pyridine rings is 1. The van der Waals surface area contributed by atoms with Crippen LogP contribution in [0.4, 0.5) is 15.9 Å². The Hall–Kier alpha value is -2.86. The van der Waals surface area contributed by atoms with Gasteiger partial charge in [0.2, 0.25) is 0 Å². The van der Waals surface area contributed by atoms with Crippen molar-refractivity contribution in [3.05, 3.63) is 65.9 Å². The summed E-state index contributed by atoms with van der Waals surface area (Å²) in [5.74, 6) is 1.03. The molecular formula is C19H18FN5. The highest BCUT2D eigenvalue weighted by Crippen LogP contribution is 2.30. The largest absolute Gasteiger partial charge is 0.340 e. The number of hydrogen-bond acceptors (Lipinski definition) is 5. The highest BCUT2D eigenvalue weighted by molar-refractivity contribution is 5.65. The van der Waals surface area contributed by atoms with Crippen molar-refractivity contribution in [3.63, 3.8) is 0 Å². The fourth-order valence-electron chi connectivity index (χ4n) is 3.07. The van der Waals surface area contributed by atoms with Gasteiger partial charge in [-0.3, -0.25) is 4.98 Å². The number of rotatable bonds is 3. The van der Waals surface area contributed by atoms with Crippen LogP contribution in [0.25, 0.3) is 11.4 Å². The molecule has 3 N–H and O–H groups in total. The van der Waals surface area contributed by atoms with Gasteiger partial charge in [-0.2, -0.15) is 0 Å². The third-order valence-corrected chi connectivity index (χ3v) is 4.34. The molecule has 25 heavy (non-hydrogen) atoms. The lowest BCUT2D eigenvalue weighted by Gasteiger charge is -2.24. The zero-order valence-corrected chi connectivity index (χ0v) is 13.6. The summed E-state index contributed by atoms with van der Waals surface area (Å²) in [6, 6.07) is 10.2. The van der Waals surface area contributed by atoms with Crippen molar-refractivity contribution in [3.8, 4) is 11.4 Å². The molecule has 1 atom stereocenters. The van der Waals surface area contributed by atoms with E-state index in [1.165, 1.54) is 12.1 Å². The molecule has 0 amide bonds. The maximum atomic E-state index is 13.5. The number of anilines is 2. The first-order valence-electron chi connectivity index (χ1n) is 8.27. The van der Waals surface area contributed by atoms with E-state index in [0.717, 1.165) is 29.7 Å². The minimum atomic E-state index is -0.293. The van der Waals surface area contributed by atoms with Crippen LogP contribution in [0.2, 0.25) is 0 Å². The van der Waals surface area contributed by atoms with Gasteiger partial charge >= 0.3 is 0 Å². The van der Waals surface area contributed by atoms with Crippen LogP contribution in [0.5, 0.6) is 0 Å². The molecule has 1 aliphatic carbocycles. The van der Waals surface area contributed by atoms with Crippen molar-refractivity contribution in [2.75, 3.05) is 5.32 Å². The number of aryl methyl sites for hydroxylation is 1. The van der Waals surface area contributed by atoms with E-state index < -0.39 is 0 Å². The lowest BCUT2D eigenvalue weighted by Crippen LogP contribution is -2.29. The molecule has 3 aromatic rings. The summed E-state index contributed by atoms with van der Waals surface area (Å²) in [4.78, 5) is 13.5. The smallest absolute Gasteiger partial charge is 0.161 e. The molecule has 0 unspecified atom stereocenters. The van der Waals surface area contributed by atoms with E-state index in [-0.39, 0.29) is 11.9 Å². The van der Waals surface area contributed by atoms with Gasteiger partial charge < -0.3 is 11.1 Å². The predicted octanol–water partition coefficient (Wildman–Crippen LogP) is 3.24. The van der Waals surface area contributed by atoms with Crippen molar-refractivity contribution in [1.29, 1.82) is 0 Å². The molecule has 2 aromatic heterocycles. The van der Waals surface area contributed by atoms with Crippen molar-refractivity contribution in [2.45, 2.75) is 25.3 Å². The highest BCUT2D eigenvalue weighted by atomic mass is 19.1. The van der Waals surface area contributed by atoms with Gasteiger partial charge in [-0.25, -0.2) is 14.4 Å². The van der Waals surface area contributed by atoms with Gasteiger partial charge in [-0.15, -0.1) is 0 Å². The predicted molar refractivity (Wildman–Crippen MR) is 94.9 cm³/mol. The molecule has 6 heteroatoms. The summed E-state index contributed by atoms with van der Waals surface area (Å²) >= 11 is 0. The fraction of sp³-hybridized carbons (Fsp3) is 0.211. The van der Waals surface area contributed by atoms with Crippen LogP contribution >= 0.6 is 0 Å². The minimum Gasteiger partial charge on any atom is -0.340 e. The van der Waals surface area contributed by atoms with Crippen LogP contribution in [0.15, 0.2) is 48.8 Å². The first kappa shape index (κ1) is 15.7. The van der Waals surface area contributed by atoms with Crippen LogP contribution in [0.3, 0.4) is 0 Å². The first-order valence-corrected chi connectivity index (χ1v) is 8.27. The standard InChI is InChI=1S/C19H18FN5/c20-13-2-1-3-15(10-13)23-19-16-11-14(21)4-5-17(16)24-18(25-19)12-6-8-22-9-7-12/h1-3,6-10,14H,4-5,11,21H2,(H,23,24,25)/t14-/m1/s1. The molecule has 0 radical (unpaired) electrons. The monoisotopic (exact) mass is 335 g/mol. The number of nitrogens with zero attached hydrogens (tertiary/aromatic N) is 3. The third-order valence-electron chi connectivity index (χ3n) is 4.34. The van der Waals surface area contributed by atoms with Crippen LogP contribution < -0.4 is 11.1 Å². The molecular weight excluding hydrogens is 317 g/mol. The summed E-state index contributed by atoms with van der Waals surface area (Å²) in [6.07, 6.45) is 5.86. The molecule has 0 saturated heterocycles. The van der Waals surface area contributed by atoms with Crippen LogP contribution in [-0.2, 0) is 12.8 Å². The normalized spacial score (nSPS) is 16.3. The second-order valence-electron chi connectivity index (χ2n) is 6.20. The molecule has 126 valence electrons. The molecule has 4 rings (SSSR count). The van der Waals surface area contributed by atoms with E-state index in [1.807, 2.05) is 18.2 Å². The van der Waals surface area contributed by atoms with Gasteiger partial charge in [0.1, 0.15) is 11.6 Å². The van der Waals surface area contributed by atoms with E-state index in [2.05, 4.69) is 15.3 Å². The van der Waals surface area contributed by atoms with Crippen molar-refractivity contribution < 1.29 is 4.39 Å². The van der Waals surface area contributed by atoms with E-state index in [0.29, 0.717) is 23.8 Å². The number of benzene rings is 1. The first-order chi connectivity index (χ1) is 12.2.